The van der Waals surface area contributed by atoms with E-state index in [9.17, 15) is 0 Å². The Morgan fingerprint density at radius 1 is 0.250 bits per heavy atom. The maximum absolute atomic E-state index is 2.68. The Balaban J connectivity index is 1.16. The lowest BCUT2D eigenvalue weighted by Gasteiger charge is -2.33. The average Bonchev–Trinajstić information content (AvgIpc) is 3.61. The van der Waals surface area contributed by atoms with Gasteiger partial charge >= 0.3 is 6.85 Å². The van der Waals surface area contributed by atoms with E-state index in [-0.39, 0.29) is 6.85 Å². The molecule has 0 aliphatic carbocycles. The molecule has 0 spiro atoms. The highest BCUT2D eigenvalue weighted by atomic mass is 14.9. The van der Waals surface area contributed by atoms with Crippen molar-refractivity contribution < 1.29 is 0 Å². The zero-order valence-corrected chi connectivity index (χ0v) is 30.7. The van der Waals surface area contributed by atoms with Gasteiger partial charge in [-0.1, -0.05) is 164 Å². The monoisotopic (exact) mass is 707 g/mol. The largest absolute Gasteiger partial charge is 0.375 e. The van der Waals surface area contributed by atoms with E-state index in [1.807, 2.05) is 0 Å². The first-order chi connectivity index (χ1) is 27.8. The molecule has 0 unspecified atom stereocenters. The number of aromatic nitrogens is 1. The minimum atomic E-state index is 0.0391. The number of fused-ring (bicyclic) bond motifs is 7. The molecule has 258 valence electrons. The van der Waals surface area contributed by atoms with Crippen LogP contribution in [0.4, 0.5) is 0 Å². The van der Waals surface area contributed by atoms with Crippen LogP contribution < -0.4 is 10.9 Å². The third-order valence-electron chi connectivity index (χ3n) is 12.1. The van der Waals surface area contributed by atoms with E-state index in [0.29, 0.717) is 0 Å². The van der Waals surface area contributed by atoms with Gasteiger partial charge in [-0.05, 0) is 120 Å². The van der Waals surface area contributed by atoms with Crippen LogP contribution in [0.2, 0.25) is 0 Å². The van der Waals surface area contributed by atoms with Crippen molar-refractivity contribution in [2.24, 2.45) is 0 Å². The molecule has 0 bridgehead atoms. The molecule has 0 saturated carbocycles. The molecule has 0 radical (unpaired) electrons. The van der Waals surface area contributed by atoms with Gasteiger partial charge in [-0.3, -0.25) is 0 Å². The van der Waals surface area contributed by atoms with Crippen molar-refractivity contribution in [1.29, 1.82) is 0 Å². The second-order valence-electron chi connectivity index (χ2n) is 15.3. The van der Waals surface area contributed by atoms with Crippen LogP contribution in [0.25, 0.3) is 99.7 Å². The van der Waals surface area contributed by atoms with Gasteiger partial charge in [0, 0.05) is 32.9 Å². The third kappa shape index (κ3) is 4.69. The summed E-state index contributed by atoms with van der Waals surface area (Å²) in [6.45, 7) is 0.0391. The fraction of sp³-hybridized carbons (Fsp3) is 0. The molecule has 10 aromatic rings. The summed E-state index contributed by atoms with van der Waals surface area (Å²) in [6.07, 6.45) is 0. The average molecular weight is 708 g/mol. The summed E-state index contributed by atoms with van der Waals surface area (Å²) in [5, 5.41) is 2.62. The molecular weight excluding hydrogens is 673 g/mol. The fourth-order valence-corrected chi connectivity index (χ4v) is 9.60. The van der Waals surface area contributed by atoms with E-state index in [0.717, 1.165) is 0 Å². The van der Waals surface area contributed by atoms with Crippen LogP contribution in [0.15, 0.2) is 206 Å². The highest BCUT2D eigenvalue weighted by Crippen LogP contribution is 2.48. The molecule has 2 aliphatic heterocycles. The van der Waals surface area contributed by atoms with Crippen molar-refractivity contribution >= 4 is 39.6 Å². The predicted molar refractivity (Wildman–Crippen MR) is 238 cm³/mol. The van der Waals surface area contributed by atoms with E-state index in [2.05, 4.69) is 211 Å². The normalized spacial score (nSPS) is 12.2. The Morgan fingerprint density at radius 3 is 1.12 bits per heavy atom. The van der Waals surface area contributed by atoms with E-state index in [1.165, 1.54) is 111 Å². The highest BCUT2D eigenvalue weighted by Gasteiger charge is 2.40. The van der Waals surface area contributed by atoms with Crippen LogP contribution in [0.3, 0.4) is 0 Å². The van der Waals surface area contributed by atoms with Crippen molar-refractivity contribution in [2.45, 2.75) is 0 Å². The van der Waals surface area contributed by atoms with E-state index in [4.69, 9.17) is 0 Å². The lowest BCUT2D eigenvalue weighted by molar-refractivity contribution is 1.31. The number of rotatable bonds is 5. The van der Waals surface area contributed by atoms with Gasteiger partial charge in [-0.15, -0.1) is 0 Å². The SMILES string of the molecule is c1ccc(-c2cc(-c3ccccc3)cc(-c3ccc4c(c3)B3c5ccccc5-c5cc(-c6ccccc6)cc6c7cc(-c8ccccc8)cc-4c7n3c56)c2)cc1. The van der Waals surface area contributed by atoms with E-state index < -0.39 is 0 Å². The van der Waals surface area contributed by atoms with Crippen LogP contribution in [0.1, 0.15) is 0 Å². The number of nitrogens with zero attached hydrogens (tertiary/aromatic N) is 1. The quantitative estimate of drug-likeness (QED) is 0.157. The Kier molecular flexibility index (Phi) is 6.79. The topological polar surface area (TPSA) is 4.93 Å². The summed E-state index contributed by atoms with van der Waals surface area (Å²) >= 11 is 0. The van der Waals surface area contributed by atoms with Crippen molar-refractivity contribution in [3.05, 3.63) is 206 Å². The molecule has 0 N–H and O–H groups in total. The van der Waals surface area contributed by atoms with Crippen LogP contribution >= 0.6 is 0 Å². The summed E-state index contributed by atoms with van der Waals surface area (Å²) in [7, 11) is 0. The zero-order valence-electron chi connectivity index (χ0n) is 30.7. The smallest absolute Gasteiger partial charge is 0.329 e. The molecule has 2 aliphatic rings. The third-order valence-corrected chi connectivity index (χ3v) is 12.1. The van der Waals surface area contributed by atoms with Crippen LogP contribution in [-0.4, -0.2) is 11.3 Å². The Hall–Kier alpha value is -7.16. The van der Waals surface area contributed by atoms with Crippen molar-refractivity contribution in [2.75, 3.05) is 0 Å². The summed E-state index contributed by atoms with van der Waals surface area (Å²) in [5.41, 5.74) is 22.8. The van der Waals surface area contributed by atoms with Crippen LogP contribution in [0, 0.1) is 0 Å². The summed E-state index contributed by atoms with van der Waals surface area (Å²) < 4.78 is 2.68. The first-order valence-electron chi connectivity index (χ1n) is 19.5. The van der Waals surface area contributed by atoms with Crippen molar-refractivity contribution in [3.8, 4) is 77.9 Å². The second kappa shape index (κ2) is 12.2. The van der Waals surface area contributed by atoms with E-state index in [1.54, 1.807) is 0 Å². The maximum Gasteiger partial charge on any atom is 0.329 e. The fourth-order valence-electron chi connectivity index (χ4n) is 9.60. The van der Waals surface area contributed by atoms with E-state index >= 15 is 0 Å². The van der Waals surface area contributed by atoms with Gasteiger partial charge in [-0.2, -0.15) is 0 Å². The highest BCUT2D eigenvalue weighted by molar-refractivity contribution is 6.88. The Bertz CT molecular complexity index is 3110. The molecular formula is C54H34BN. The second-order valence-corrected chi connectivity index (χ2v) is 15.3. The summed E-state index contributed by atoms with van der Waals surface area (Å²) in [4.78, 5) is 0. The predicted octanol–water partition coefficient (Wildman–Crippen LogP) is 12.7. The molecule has 9 aromatic carbocycles. The molecule has 0 atom stereocenters. The lowest BCUT2D eigenvalue weighted by atomic mass is 9.45. The lowest BCUT2D eigenvalue weighted by Crippen LogP contribution is -2.53. The van der Waals surface area contributed by atoms with Crippen LogP contribution in [0.5, 0.6) is 0 Å². The first-order valence-corrected chi connectivity index (χ1v) is 19.5. The van der Waals surface area contributed by atoms with Gasteiger partial charge in [0.15, 0.2) is 0 Å². The molecule has 0 saturated heterocycles. The molecule has 1 aromatic heterocycles. The van der Waals surface area contributed by atoms with Gasteiger partial charge in [0.05, 0.1) is 0 Å². The van der Waals surface area contributed by atoms with Gasteiger partial charge in [-0.25, -0.2) is 0 Å². The van der Waals surface area contributed by atoms with Crippen LogP contribution in [-0.2, 0) is 0 Å². The number of hydrogen-bond acceptors (Lipinski definition) is 0. The standard InChI is InChI=1S/C54H34BN/c1-5-15-35(16-6-1)40-27-41(36-17-7-2-8-18-36)29-42(28-40)39-25-26-46-48-31-44(38-21-11-4-12-22-38)33-50-49-32-43(37-19-9-3-10-20-37)30-47-45-23-13-14-24-51(45)55(52(46)34-39)56(53(47)49)54(48)50/h1-34H. The molecule has 1 nitrogen and oxygen atoms in total. The minimum Gasteiger partial charge on any atom is -0.375 e. The molecule has 2 heteroatoms. The first kappa shape index (κ1) is 31.2. The Labute approximate surface area is 326 Å². The summed E-state index contributed by atoms with van der Waals surface area (Å²) in [5.74, 6) is 0. The van der Waals surface area contributed by atoms with Crippen molar-refractivity contribution in [3.63, 3.8) is 0 Å². The van der Waals surface area contributed by atoms with Gasteiger partial charge < -0.3 is 4.48 Å². The molecule has 56 heavy (non-hydrogen) atoms. The zero-order chi connectivity index (χ0) is 36.7. The Morgan fingerprint density at radius 2 is 0.643 bits per heavy atom. The van der Waals surface area contributed by atoms with Gasteiger partial charge in [0.25, 0.3) is 0 Å². The van der Waals surface area contributed by atoms with Crippen molar-refractivity contribution in [1.82, 2.24) is 4.48 Å². The molecule has 0 fully saturated rings. The molecule has 0 amide bonds. The summed E-state index contributed by atoms with van der Waals surface area (Å²) in [6, 6.07) is 76.5. The number of benzene rings is 9. The molecule has 12 rings (SSSR count). The van der Waals surface area contributed by atoms with Gasteiger partial charge in [0.2, 0.25) is 0 Å². The maximum atomic E-state index is 2.68. The molecule has 3 heterocycles. The minimum absolute atomic E-state index is 0.0391. The van der Waals surface area contributed by atoms with Gasteiger partial charge in [0.1, 0.15) is 0 Å². The number of hydrogen-bond donors (Lipinski definition) is 0.